The van der Waals surface area contributed by atoms with Gasteiger partial charge in [-0.1, -0.05) is 30.3 Å². The largest absolute Gasteiger partial charge is 0.468 e. The molecule has 0 spiro atoms. The van der Waals surface area contributed by atoms with E-state index in [1.165, 1.54) is 12.0 Å². The number of benzene rings is 1. The number of likely N-dealkylation sites (tertiary alicyclic amines) is 1. The summed E-state index contributed by atoms with van der Waals surface area (Å²) >= 11 is 0. The fraction of sp³-hybridized carbons (Fsp3) is 0.545. The number of hydrogen-bond acceptors (Lipinski definition) is 6. The van der Waals surface area contributed by atoms with Crippen LogP contribution in [0.2, 0.25) is 0 Å². The van der Waals surface area contributed by atoms with Crippen molar-refractivity contribution in [2.75, 3.05) is 26.7 Å². The van der Waals surface area contributed by atoms with Gasteiger partial charge in [0.05, 0.1) is 25.5 Å². The minimum Gasteiger partial charge on any atom is -0.468 e. The van der Waals surface area contributed by atoms with Gasteiger partial charge in [0, 0.05) is 25.7 Å². The Morgan fingerprint density at radius 1 is 1.19 bits per heavy atom. The van der Waals surface area contributed by atoms with Crippen molar-refractivity contribution in [2.24, 2.45) is 11.8 Å². The molecule has 0 saturated carbocycles. The van der Waals surface area contributed by atoms with Crippen LogP contribution in [0.1, 0.15) is 26.3 Å². The molecule has 1 aromatic carbocycles. The van der Waals surface area contributed by atoms with Gasteiger partial charge in [-0.2, -0.15) is 0 Å². The summed E-state index contributed by atoms with van der Waals surface area (Å²) in [6, 6.07) is 8.42. The normalized spacial score (nSPS) is 27.2. The van der Waals surface area contributed by atoms with E-state index in [1.54, 1.807) is 11.8 Å². The Bertz CT molecular complexity index is 861. The summed E-state index contributed by atoms with van der Waals surface area (Å²) in [7, 11) is 1.26. The van der Waals surface area contributed by atoms with Crippen molar-refractivity contribution in [1.29, 1.82) is 0 Å². The molecule has 2 aliphatic heterocycles. The first-order chi connectivity index (χ1) is 14.8. The van der Waals surface area contributed by atoms with Gasteiger partial charge in [0.1, 0.15) is 5.54 Å². The van der Waals surface area contributed by atoms with Crippen LogP contribution in [0.25, 0.3) is 0 Å². The maximum Gasteiger partial charge on any atom is 0.326 e. The lowest BCUT2D eigenvalue weighted by Gasteiger charge is -2.30. The molecule has 3 rings (SSSR count). The molecule has 168 valence electrons. The zero-order valence-corrected chi connectivity index (χ0v) is 18.4. The van der Waals surface area contributed by atoms with Crippen LogP contribution in [0.3, 0.4) is 0 Å². The highest BCUT2D eigenvalue weighted by Crippen LogP contribution is 2.44. The summed E-state index contributed by atoms with van der Waals surface area (Å²) in [5, 5.41) is 5.91. The molecule has 0 aliphatic carbocycles. The Labute approximate surface area is 182 Å². The van der Waals surface area contributed by atoms with Gasteiger partial charge in [0.2, 0.25) is 11.8 Å². The summed E-state index contributed by atoms with van der Waals surface area (Å²) in [6.45, 7) is 6.48. The van der Waals surface area contributed by atoms with Gasteiger partial charge in [0.25, 0.3) is 0 Å². The lowest BCUT2D eigenvalue weighted by Crippen LogP contribution is -2.57. The first kappa shape index (κ1) is 22.7. The maximum atomic E-state index is 13.4. The third-order valence-electron chi connectivity index (χ3n) is 6.19. The second-order valence-corrected chi connectivity index (χ2v) is 8.07. The van der Waals surface area contributed by atoms with Crippen LogP contribution >= 0.6 is 0 Å². The molecule has 4 amide bonds. The van der Waals surface area contributed by atoms with Crippen molar-refractivity contribution in [3.63, 3.8) is 0 Å². The van der Waals surface area contributed by atoms with E-state index < -0.39 is 35.3 Å². The van der Waals surface area contributed by atoms with Crippen LogP contribution in [-0.2, 0) is 25.7 Å². The number of hydrogen-bond donors (Lipinski definition) is 2. The number of imide groups is 1. The average Bonchev–Trinajstić information content (AvgIpc) is 3.20. The highest BCUT2D eigenvalue weighted by atomic mass is 16.5. The van der Waals surface area contributed by atoms with E-state index in [2.05, 4.69) is 10.6 Å². The second-order valence-electron chi connectivity index (χ2n) is 8.07. The SMILES string of the molecule is CCNC(=O)N(CC)C[C@H]1N[C@@](C)(C(=O)OC)[C@H]2C(=O)N(Cc3ccccc3)C(=O)[C@@H]12. The zero-order valence-electron chi connectivity index (χ0n) is 18.4. The van der Waals surface area contributed by atoms with Gasteiger partial charge in [-0.05, 0) is 26.3 Å². The highest BCUT2D eigenvalue weighted by Gasteiger charge is 2.66. The van der Waals surface area contributed by atoms with Crippen molar-refractivity contribution in [3.8, 4) is 0 Å². The van der Waals surface area contributed by atoms with Crippen LogP contribution in [0.5, 0.6) is 0 Å². The van der Waals surface area contributed by atoms with Crippen LogP contribution in [0, 0.1) is 11.8 Å². The van der Waals surface area contributed by atoms with E-state index in [0.717, 1.165) is 5.56 Å². The average molecular weight is 431 g/mol. The summed E-state index contributed by atoms with van der Waals surface area (Å²) in [5.41, 5.74) is -0.533. The van der Waals surface area contributed by atoms with E-state index in [9.17, 15) is 19.2 Å². The van der Waals surface area contributed by atoms with Crippen molar-refractivity contribution in [2.45, 2.75) is 38.9 Å². The molecular formula is C22H30N4O5. The molecule has 2 fully saturated rings. The Balaban J connectivity index is 1.92. The molecule has 1 aromatic rings. The minimum absolute atomic E-state index is 0.142. The number of rotatable bonds is 7. The lowest BCUT2D eigenvalue weighted by molar-refractivity contribution is -0.153. The van der Waals surface area contributed by atoms with Crippen molar-refractivity contribution in [1.82, 2.24) is 20.4 Å². The number of amides is 4. The number of likely N-dealkylation sites (N-methyl/N-ethyl adjacent to an activating group) is 1. The predicted octanol–water partition coefficient (Wildman–Crippen LogP) is 0.743. The smallest absolute Gasteiger partial charge is 0.326 e. The lowest BCUT2D eigenvalue weighted by atomic mass is 9.81. The number of carbonyl (C=O) groups is 4. The number of urea groups is 1. The number of ether oxygens (including phenoxy) is 1. The number of nitrogens with one attached hydrogen (secondary N) is 2. The molecular weight excluding hydrogens is 400 g/mol. The van der Waals surface area contributed by atoms with Crippen molar-refractivity contribution >= 4 is 23.8 Å². The fourth-order valence-electron chi connectivity index (χ4n) is 4.66. The molecule has 0 unspecified atom stereocenters. The Hall–Kier alpha value is -2.94. The number of fused-ring (bicyclic) bond motifs is 1. The molecule has 0 radical (unpaired) electrons. The number of nitrogens with zero attached hydrogens (tertiary/aromatic N) is 2. The standard InChI is InChI=1S/C22H30N4O5/c1-5-23-21(30)25(6-2)13-15-16-17(22(3,24-15)20(29)31-4)19(28)26(18(16)27)12-14-10-8-7-9-11-14/h7-11,15-17,24H,5-6,12-13H2,1-4H3,(H,23,30)/t15-,16+,17-,22-/m1/s1. The number of carbonyl (C=O) groups excluding carboxylic acids is 4. The predicted molar refractivity (Wildman–Crippen MR) is 113 cm³/mol. The van der Waals surface area contributed by atoms with Crippen molar-refractivity contribution in [3.05, 3.63) is 35.9 Å². The molecule has 2 heterocycles. The molecule has 9 nitrogen and oxygen atoms in total. The monoisotopic (exact) mass is 430 g/mol. The first-order valence-electron chi connectivity index (χ1n) is 10.6. The Morgan fingerprint density at radius 3 is 2.45 bits per heavy atom. The van der Waals surface area contributed by atoms with Crippen LogP contribution in [0.15, 0.2) is 30.3 Å². The van der Waals surface area contributed by atoms with Gasteiger partial charge in [-0.3, -0.25) is 24.6 Å². The molecule has 2 saturated heterocycles. The molecule has 31 heavy (non-hydrogen) atoms. The van der Waals surface area contributed by atoms with Gasteiger partial charge in [-0.25, -0.2) is 4.79 Å². The first-order valence-corrected chi connectivity index (χ1v) is 10.6. The summed E-state index contributed by atoms with van der Waals surface area (Å²) in [4.78, 5) is 54.6. The van der Waals surface area contributed by atoms with E-state index in [1.807, 2.05) is 44.2 Å². The molecule has 9 heteroatoms. The zero-order chi connectivity index (χ0) is 22.8. The van der Waals surface area contributed by atoms with Crippen LogP contribution in [-0.4, -0.2) is 71.9 Å². The van der Waals surface area contributed by atoms with Gasteiger partial charge < -0.3 is 15.0 Å². The van der Waals surface area contributed by atoms with E-state index in [0.29, 0.717) is 13.1 Å². The quantitative estimate of drug-likeness (QED) is 0.488. The van der Waals surface area contributed by atoms with Gasteiger partial charge in [-0.15, -0.1) is 0 Å². The third-order valence-corrected chi connectivity index (χ3v) is 6.19. The molecule has 2 N–H and O–H groups in total. The van der Waals surface area contributed by atoms with Gasteiger partial charge in [0.15, 0.2) is 0 Å². The second kappa shape index (κ2) is 9.05. The highest BCUT2D eigenvalue weighted by molar-refractivity contribution is 6.09. The molecule has 4 atom stereocenters. The van der Waals surface area contributed by atoms with Crippen LogP contribution < -0.4 is 10.6 Å². The maximum absolute atomic E-state index is 13.4. The minimum atomic E-state index is -1.36. The van der Waals surface area contributed by atoms with Crippen LogP contribution in [0.4, 0.5) is 4.79 Å². The van der Waals surface area contributed by atoms with E-state index in [4.69, 9.17) is 4.74 Å². The summed E-state index contributed by atoms with van der Waals surface area (Å²) in [5.74, 6) is -2.99. The summed E-state index contributed by atoms with van der Waals surface area (Å²) < 4.78 is 4.97. The van der Waals surface area contributed by atoms with E-state index >= 15 is 0 Å². The van der Waals surface area contributed by atoms with E-state index in [-0.39, 0.29) is 25.0 Å². The fourth-order valence-corrected chi connectivity index (χ4v) is 4.66. The topological polar surface area (TPSA) is 108 Å². The Morgan fingerprint density at radius 2 is 1.87 bits per heavy atom. The Kier molecular flexibility index (Phi) is 6.64. The molecule has 0 aromatic heterocycles. The number of esters is 1. The molecule has 0 bridgehead atoms. The van der Waals surface area contributed by atoms with Gasteiger partial charge >= 0.3 is 12.0 Å². The summed E-state index contributed by atoms with van der Waals surface area (Å²) in [6.07, 6.45) is 0. The molecule has 2 aliphatic rings. The van der Waals surface area contributed by atoms with Crippen molar-refractivity contribution < 1.29 is 23.9 Å². The third kappa shape index (κ3) is 4.01. The number of methoxy groups -OCH3 is 1.